The summed E-state index contributed by atoms with van der Waals surface area (Å²) >= 11 is 1.83. The molecule has 12 heavy (non-hydrogen) atoms. The Morgan fingerprint density at radius 2 is 2.08 bits per heavy atom. The van der Waals surface area contributed by atoms with Crippen LogP contribution >= 0.6 is 11.8 Å². The molecule has 2 nitrogen and oxygen atoms in total. The summed E-state index contributed by atoms with van der Waals surface area (Å²) in [6, 6.07) is 2.77. The molecule has 2 unspecified atom stereocenters. The highest BCUT2D eigenvalue weighted by Crippen LogP contribution is 2.03. The quantitative estimate of drug-likeness (QED) is 0.689. The van der Waals surface area contributed by atoms with Gasteiger partial charge in [0.1, 0.15) is 0 Å². The first-order valence-corrected chi connectivity index (χ1v) is 5.82. The lowest BCUT2D eigenvalue weighted by Gasteiger charge is -2.18. The Bertz CT molecular complexity index is 142. The summed E-state index contributed by atoms with van der Waals surface area (Å²) in [4.78, 5) is 0. The van der Waals surface area contributed by atoms with E-state index in [4.69, 9.17) is 5.26 Å². The molecule has 0 aromatic heterocycles. The SMILES string of the molecule is CCC(C#N)NC(CC)CSC. The minimum absolute atomic E-state index is 0.0297. The van der Waals surface area contributed by atoms with Crippen molar-refractivity contribution in [2.45, 2.75) is 38.8 Å². The fourth-order valence-corrected chi connectivity index (χ4v) is 1.75. The summed E-state index contributed by atoms with van der Waals surface area (Å²) in [5, 5.41) is 12.0. The van der Waals surface area contributed by atoms with E-state index in [1.54, 1.807) is 0 Å². The zero-order valence-corrected chi connectivity index (χ0v) is 8.95. The van der Waals surface area contributed by atoms with E-state index in [9.17, 15) is 0 Å². The Labute approximate surface area is 79.7 Å². The first-order valence-electron chi connectivity index (χ1n) is 4.43. The molecule has 1 N–H and O–H groups in total. The van der Waals surface area contributed by atoms with Gasteiger partial charge >= 0.3 is 0 Å². The Morgan fingerprint density at radius 1 is 1.42 bits per heavy atom. The Hall–Kier alpha value is -0.200. The van der Waals surface area contributed by atoms with E-state index in [1.807, 2.05) is 18.7 Å². The van der Waals surface area contributed by atoms with Gasteiger partial charge in [0.2, 0.25) is 0 Å². The lowest BCUT2D eigenvalue weighted by molar-refractivity contribution is 0.488. The van der Waals surface area contributed by atoms with Crippen molar-refractivity contribution >= 4 is 11.8 Å². The van der Waals surface area contributed by atoms with Crippen LogP contribution in [0.2, 0.25) is 0 Å². The molecular formula is C9H18N2S. The van der Waals surface area contributed by atoms with Crippen molar-refractivity contribution in [3.8, 4) is 6.07 Å². The predicted octanol–water partition coefficient (Wildman–Crippen LogP) is 2.02. The van der Waals surface area contributed by atoms with E-state index in [0.717, 1.165) is 18.6 Å². The van der Waals surface area contributed by atoms with Gasteiger partial charge in [-0.3, -0.25) is 5.32 Å². The van der Waals surface area contributed by atoms with E-state index in [2.05, 4.69) is 24.6 Å². The number of thioether (sulfide) groups is 1. The van der Waals surface area contributed by atoms with Crippen molar-refractivity contribution in [2.75, 3.05) is 12.0 Å². The van der Waals surface area contributed by atoms with Gasteiger partial charge in [-0.05, 0) is 19.1 Å². The molecule has 0 aromatic carbocycles. The van der Waals surface area contributed by atoms with Crippen molar-refractivity contribution in [3.05, 3.63) is 0 Å². The molecule has 0 heterocycles. The number of hydrogen-bond acceptors (Lipinski definition) is 3. The topological polar surface area (TPSA) is 35.8 Å². The van der Waals surface area contributed by atoms with Gasteiger partial charge < -0.3 is 0 Å². The highest BCUT2D eigenvalue weighted by atomic mass is 32.2. The lowest BCUT2D eigenvalue weighted by Crippen LogP contribution is -2.38. The summed E-state index contributed by atoms with van der Waals surface area (Å²) < 4.78 is 0. The molecule has 0 aromatic rings. The zero-order valence-electron chi connectivity index (χ0n) is 8.13. The van der Waals surface area contributed by atoms with Crippen molar-refractivity contribution in [3.63, 3.8) is 0 Å². The highest BCUT2D eigenvalue weighted by molar-refractivity contribution is 7.98. The van der Waals surface area contributed by atoms with Crippen LogP contribution in [0.4, 0.5) is 0 Å². The van der Waals surface area contributed by atoms with Crippen molar-refractivity contribution in [1.82, 2.24) is 5.32 Å². The second-order valence-electron chi connectivity index (χ2n) is 2.82. The molecule has 0 amide bonds. The Balaban J connectivity index is 3.75. The molecule has 0 aliphatic heterocycles. The molecule has 0 fully saturated rings. The number of rotatable bonds is 6. The molecule has 3 heteroatoms. The van der Waals surface area contributed by atoms with E-state index in [-0.39, 0.29) is 6.04 Å². The Morgan fingerprint density at radius 3 is 2.42 bits per heavy atom. The average molecular weight is 186 g/mol. The van der Waals surface area contributed by atoms with Crippen LogP contribution in [-0.4, -0.2) is 24.1 Å². The largest absolute Gasteiger partial charge is 0.298 e. The van der Waals surface area contributed by atoms with Crippen LogP contribution in [0.25, 0.3) is 0 Å². The van der Waals surface area contributed by atoms with Crippen LogP contribution in [0.15, 0.2) is 0 Å². The Kier molecular flexibility index (Phi) is 7.33. The second-order valence-corrected chi connectivity index (χ2v) is 3.73. The maximum Gasteiger partial charge on any atom is 0.0952 e. The molecule has 0 spiro atoms. The standard InChI is InChI=1S/C9H18N2S/c1-4-8(6-10)11-9(5-2)7-12-3/h8-9,11H,4-5,7H2,1-3H3. The van der Waals surface area contributed by atoms with Gasteiger partial charge in [-0.15, -0.1) is 0 Å². The summed E-state index contributed by atoms with van der Waals surface area (Å²) in [5.41, 5.74) is 0. The van der Waals surface area contributed by atoms with Crippen LogP contribution in [-0.2, 0) is 0 Å². The molecule has 0 aliphatic rings. The van der Waals surface area contributed by atoms with Crippen molar-refractivity contribution in [1.29, 1.82) is 5.26 Å². The van der Waals surface area contributed by atoms with Crippen molar-refractivity contribution < 1.29 is 0 Å². The third-order valence-corrected chi connectivity index (χ3v) is 2.60. The van der Waals surface area contributed by atoms with Crippen LogP contribution in [0.5, 0.6) is 0 Å². The molecule has 0 bridgehead atoms. The van der Waals surface area contributed by atoms with Crippen LogP contribution in [0.1, 0.15) is 26.7 Å². The minimum atomic E-state index is 0.0297. The summed E-state index contributed by atoms with van der Waals surface area (Å²) in [7, 11) is 0. The van der Waals surface area contributed by atoms with Gasteiger partial charge in [0.05, 0.1) is 12.1 Å². The number of nitriles is 1. The van der Waals surface area contributed by atoms with Gasteiger partial charge in [-0.25, -0.2) is 0 Å². The maximum absolute atomic E-state index is 8.72. The number of hydrogen-bond donors (Lipinski definition) is 1. The molecule has 0 radical (unpaired) electrons. The number of nitrogens with one attached hydrogen (secondary N) is 1. The average Bonchev–Trinajstić information content (AvgIpc) is 2.12. The molecule has 0 rings (SSSR count). The van der Waals surface area contributed by atoms with Gasteiger partial charge in [0.25, 0.3) is 0 Å². The fraction of sp³-hybridized carbons (Fsp3) is 0.889. The van der Waals surface area contributed by atoms with Gasteiger partial charge in [0, 0.05) is 11.8 Å². The maximum atomic E-state index is 8.72. The molecule has 70 valence electrons. The number of nitrogens with zero attached hydrogens (tertiary/aromatic N) is 1. The van der Waals surface area contributed by atoms with E-state index < -0.39 is 0 Å². The molecule has 2 atom stereocenters. The van der Waals surface area contributed by atoms with E-state index in [1.165, 1.54) is 0 Å². The third-order valence-electron chi connectivity index (χ3n) is 1.86. The normalized spacial score (nSPS) is 15.2. The predicted molar refractivity (Wildman–Crippen MR) is 55.3 cm³/mol. The second kappa shape index (κ2) is 7.45. The van der Waals surface area contributed by atoms with Gasteiger partial charge in [0.15, 0.2) is 0 Å². The summed E-state index contributed by atoms with van der Waals surface area (Å²) in [6.45, 7) is 4.19. The van der Waals surface area contributed by atoms with Crippen LogP contribution < -0.4 is 5.32 Å². The lowest BCUT2D eigenvalue weighted by atomic mass is 10.2. The molecule has 0 aliphatic carbocycles. The molecular weight excluding hydrogens is 168 g/mol. The molecule has 0 saturated carbocycles. The van der Waals surface area contributed by atoms with E-state index >= 15 is 0 Å². The van der Waals surface area contributed by atoms with Crippen LogP contribution in [0, 0.1) is 11.3 Å². The monoisotopic (exact) mass is 186 g/mol. The minimum Gasteiger partial charge on any atom is -0.298 e. The fourth-order valence-electron chi connectivity index (χ4n) is 1.02. The first-order chi connectivity index (χ1) is 5.78. The third kappa shape index (κ3) is 4.63. The van der Waals surface area contributed by atoms with Gasteiger partial charge in [-0.1, -0.05) is 13.8 Å². The first kappa shape index (κ1) is 11.8. The smallest absolute Gasteiger partial charge is 0.0952 e. The van der Waals surface area contributed by atoms with Crippen molar-refractivity contribution in [2.24, 2.45) is 0 Å². The van der Waals surface area contributed by atoms with E-state index in [0.29, 0.717) is 6.04 Å². The van der Waals surface area contributed by atoms with Gasteiger partial charge in [-0.2, -0.15) is 17.0 Å². The highest BCUT2D eigenvalue weighted by Gasteiger charge is 2.10. The van der Waals surface area contributed by atoms with Crippen LogP contribution in [0.3, 0.4) is 0 Å². The summed E-state index contributed by atoms with van der Waals surface area (Å²) in [5.74, 6) is 1.09. The molecule has 0 saturated heterocycles. The zero-order chi connectivity index (χ0) is 9.40. The summed E-state index contributed by atoms with van der Waals surface area (Å²) in [6.07, 6.45) is 4.08.